The van der Waals surface area contributed by atoms with Crippen molar-refractivity contribution >= 4 is 11.9 Å². The average Bonchev–Trinajstić information content (AvgIpc) is 2.61. The first-order chi connectivity index (χ1) is 11.2. The third-order valence-electron chi connectivity index (χ3n) is 3.57. The van der Waals surface area contributed by atoms with Crippen LogP contribution in [0.3, 0.4) is 0 Å². The Hall–Kier alpha value is -2.12. The molecule has 1 atom stereocenters. The highest BCUT2D eigenvalue weighted by atomic mass is 16.5. The molecule has 7 heteroatoms. The maximum absolute atomic E-state index is 12.8. The predicted octanol–water partition coefficient (Wildman–Crippen LogP) is 0.532. The van der Waals surface area contributed by atoms with Gasteiger partial charge in [-0.25, -0.2) is 4.79 Å². The number of rotatable bonds is 6. The van der Waals surface area contributed by atoms with Gasteiger partial charge in [-0.2, -0.15) is 0 Å². The molecule has 7 nitrogen and oxygen atoms in total. The van der Waals surface area contributed by atoms with E-state index in [4.69, 9.17) is 9.47 Å². The monoisotopic (exact) mass is 321 g/mol. The maximum Gasteiger partial charge on any atom is 0.315 e. The van der Waals surface area contributed by atoms with E-state index < -0.39 is 12.1 Å². The zero-order valence-electron chi connectivity index (χ0n) is 13.3. The molecule has 1 aliphatic heterocycles. The van der Waals surface area contributed by atoms with Gasteiger partial charge in [0.2, 0.25) is 5.91 Å². The number of carbonyl (C=O) groups excluding carboxylic acids is 2. The molecule has 0 unspecified atom stereocenters. The number of carbonyl (C=O) groups is 2. The number of amides is 3. The van der Waals surface area contributed by atoms with E-state index >= 15 is 0 Å². The Morgan fingerprint density at radius 2 is 1.96 bits per heavy atom. The van der Waals surface area contributed by atoms with Gasteiger partial charge in [-0.15, -0.1) is 0 Å². The van der Waals surface area contributed by atoms with Crippen LogP contribution in [0.1, 0.15) is 11.6 Å². The standard InChI is InChI=1S/C16H23N3O4/c1-22-10-7-17-16(21)18-14(13-5-3-2-4-6-13)15(20)19-8-11-23-12-9-19/h2-6,14H,7-12H2,1H3,(H2,17,18,21)/t14-/m1/s1. The van der Waals surface area contributed by atoms with Crippen molar-refractivity contribution in [1.82, 2.24) is 15.5 Å². The van der Waals surface area contributed by atoms with E-state index in [1.54, 1.807) is 12.0 Å². The van der Waals surface area contributed by atoms with E-state index in [-0.39, 0.29) is 5.91 Å². The largest absolute Gasteiger partial charge is 0.383 e. The quantitative estimate of drug-likeness (QED) is 0.749. The van der Waals surface area contributed by atoms with Crippen LogP contribution in [-0.4, -0.2) is 63.4 Å². The summed E-state index contributed by atoms with van der Waals surface area (Å²) in [6.45, 7) is 2.92. The zero-order chi connectivity index (χ0) is 16.5. The molecule has 0 radical (unpaired) electrons. The molecule has 23 heavy (non-hydrogen) atoms. The van der Waals surface area contributed by atoms with Gasteiger partial charge in [0.1, 0.15) is 6.04 Å². The molecule has 1 aromatic rings. The number of urea groups is 1. The van der Waals surface area contributed by atoms with Gasteiger partial charge in [-0.1, -0.05) is 30.3 Å². The van der Waals surface area contributed by atoms with Crippen LogP contribution in [0, 0.1) is 0 Å². The number of nitrogens with one attached hydrogen (secondary N) is 2. The molecular weight excluding hydrogens is 298 g/mol. The molecule has 0 aliphatic carbocycles. The van der Waals surface area contributed by atoms with Crippen LogP contribution in [0.15, 0.2) is 30.3 Å². The third-order valence-corrected chi connectivity index (χ3v) is 3.57. The molecule has 1 aliphatic rings. The van der Waals surface area contributed by atoms with Crippen LogP contribution in [0.4, 0.5) is 4.79 Å². The molecule has 2 N–H and O–H groups in total. The Bertz CT molecular complexity index is 503. The summed E-state index contributed by atoms with van der Waals surface area (Å²) in [6.07, 6.45) is 0. The van der Waals surface area contributed by atoms with Crippen LogP contribution in [-0.2, 0) is 14.3 Å². The Labute approximate surface area is 135 Å². The van der Waals surface area contributed by atoms with Crippen molar-refractivity contribution in [3.8, 4) is 0 Å². The van der Waals surface area contributed by atoms with Crippen LogP contribution in [0.5, 0.6) is 0 Å². The average molecular weight is 321 g/mol. The van der Waals surface area contributed by atoms with Crippen molar-refractivity contribution in [2.45, 2.75) is 6.04 Å². The van der Waals surface area contributed by atoms with Crippen molar-refractivity contribution in [3.63, 3.8) is 0 Å². The number of morpholine rings is 1. The van der Waals surface area contributed by atoms with Gasteiger partial charge in [-0.3, -0.25) is 4.79 Å². The molecule has 126 valence electrons. The lowest BCUT2D eigenvalue weighted by molar-refractivity contribution is -0.137. The van der Waals surface area contributed by atoms with Crippen LogP contribution < -0.4 is 10.6 Å². The second-order valence-electron chi connectivity index (χ2n) is 5.17. The van der Waals surface area contributed by atoms with Crippen molar-refractivity contribution in [2.24, 2.45) is 0 Å². The van der Waals surface area contributed by atoms with E-state index in [1.807, 2.05) is 30.3 Å². The molecular formula is C16H23N3O4. The second kappa shape index (κ2) is 9.12. The van der Waals surface area contributed by atoms with Gasteiger partial charge < -0.3 is 25.0 Å². The Morgan fingerprint density at radius 1 is 1.26 bits per heavy atom. The second-order valence-corrected chi connectivity index (χ2v) is 5.17. The van der Waals surface area contributed by atoms with E-state index in [0.717, 1.165) is 5.56 Å². The SMILES string of the molecule is COCCNC(=O)N[C@@H](C(=O)N1CCOCC1)c1ccccc1. The summed E-state index contributed by atoms with van der Waals surface area (Å²) >= 11 is 0. The summed E-state index contributed by atoms with van der Waals surface area (Å²) < 4.78 is 10.2. The van der Waals surface area contributed by atoms with E-state index in [9.17, 15) is 9.59 Å². The van der Waals surface area contributed by atoms with Crippen molar-refractivity contribution < 1.29 is 19.1 Å². The highest BCUT2D eigenvalue weighted by molar-refractivity contribution is 5.88. The summed E-state index contributed by atoms with van der Waals surface area (Å²) in [5, 5.41) is 5.42. The normalized spacial score (nSPS) is 15.8. The third kappa shape index (κ3) is 5.22. The first-order valence-electron chi connectivity index (χ1n) is 7.67. The summed E-state index contributed by atoms with van der Waals surface area (Å²) in [4.78, 5) is 26.5. The minimum Gasteiger partial charge on any atom is -0.383 e. The number of methoxy groups -OCH3 is 1. The van der Waals surface area contributed by atoms with Crippen molar-refractivity contribution in [2.75, 3.05) is 46.6 Å². The minimum atomic E-state index is -0.711. The molecule has 1 heterocycles. The van der Waals surface area contributed by atoms with Crippen LogP contribution in [0.2, 0.25) is 0 Å². The van der Waals surface area contributed by atoms with E-state index in [2.05, 4.69) is 10.6 Å². The fourth-order valence-electron chi connectivity index (χ4n) is 2.35. The molecule has 0 spiro atoms. The molecule has 1 fully saturated rings. The summed E-state index contributed by atoms with van der Waals surface area (Å²) in [7, 11) is 1.56. The number of hydrogen-bond donors (Lipinski definition) is 2. The first-order valence-corrected chi connectivity index (χ1v) is 7.67. The number of hydrogen-bond acceptors (Lipinski definition) is 4. The molecule has 1 aromatic carbocycles. The summed E-state index contributed by atoms with van der Waals surface area (Å²) in [5.74, 6) is -0.124. The fourth-order valence-corrected chi connectivity index (χ4v) is 2.35. The van der Waals surface area contributed by atoms with Gasteiger partial charge in [-0.05, 0) is 5.56 Å². The molecule has 2 rings (SSSR count). The van der Waals surface area contributed by atoms with Crippen molar-refractivity contribution in [1.29, 1.82) is 0 Å². The van der Waals surface area contributed by atoms with E-state index in [0.29, 0.717) is 39.5 Å². The molecule has 0 aromatic heterocycles. The van der Waals surface area contributed by atoms with E-state index in [1.165, 1.54) is 0 Å². The molecule has 1 saturated heterocycles. The highest BCUT2D eigenvalue weighted by Gasteiger charge is 2.28. The summed E-state index contributed by atoms with van der Waals surface area (Å²) in [6, 6.07) is 8.13. The fraction of sp³-hybridized carbons (Fsp3) is 0.500. The van der Waals surface area contributed by atoms with Crippen molar-refractivity contribution in [3.05, 3.63) is 35.9 Å². The van der Waals surface area contributed by atoms with Gasteiger partial charge in [0.05, 0.1) is 19.8 Å². The Kier molecular flexibility index (Phi) is 6.83. The molecule has 0 saturated carbocycles. The Morgan fingerprint density at radius 3 is 2.61 bits per heavy atom. The number of nitrogens with zero attached hydrogens (tertiary/aromatic N) is 1. The van der Waals surface area contributed by atoms with Crippen LogP contribution >= 0.6 is 0 Å². The lowest BCUT2D eigenvalue weighted by atomic mass is 10.1. The van der Waals surface area contributed by atoms with Gasteiger partial charge in [0, 0.05) is 26.7 Å². The van der Waals surface area contributed by atoms with Crippen LogP contribution in [0.25, 0.3) is 0 Å². The minimum absolute atomic E-state index is 0.124. The molecule has 3 amide bonds. The predicted molar refractivity (Wildman–Crippen MR) is 85.0 cm³/mol. The molecule has 0 bridgehead atoms. The maximum atomic E-state index is 12.8. The highest BCUT2D eigenvalue weighted by Crippen LogP contribution is 2.16. The first kappa shape index (κ1) is 17.2. The van der Waals surface area contributed by atoms with Gasteiger partial charge >= 0.3 is 6.03 Å². The lowest BCUT2D eigenvalue weighted by Crippen LogP contribution is -2.49. The summed E-state index contributed by atoms with van der Waals surface area (Å²) in [5.41, 5.74) is 0.755. The lowest BCUT2D eigenvalue weighted by Gasteiger charge is -2.31. The van der Waals surface area contributed by atoms with Gasteiger partial charge in [0.15, 0.2) is 0 Å². The zero-order valence-corrected chi connectivity index (χ0v) is 13.3. The number of benzene rings is 1. The van der Waals surface area contributed by atoms with Gasteiger partial charge in [0.25, 0.3) is 0 Å². The smallest absolute Gasteiger partial charge is 0.315 e. The Balaban J connectivity index is 2.05. The topological polar surface area (TPSA) is 79.9 Å². The number of ether oxygens (including phenoxy) is 2.